The van der Waals surface area contributed by atoms with Gasteiger partial charge in [-0.15, -0.1) is 0 Å². The quantitative estimate of drug-likeness (QED) is 0.351. The number of amides is 1. The van der Waals surface area contributed by atoms with Crippen molar-refractivity contribution in [1.29, 1.82) is 0 Å². The van der Waals surface area contributed by atoms with Crippen molar-refractivity contribution < 1.29 is 23.9 Å². The van der Waals surface area contributed by atoms with Gasteiger partial charge in [-0.25, -0.2) is 4.79 Å². The van der Waals surface area contributed by atoms with Gasteiger partial charge in [-0.05, 0) is 69.3 Å². The molecule has 7 unspecified atom stereocenters. The van der Waals surface area contributed by atoms with Gasteiger partial charge in [0.2, 0.25) is 0 Å². The molecular weight excluding hydrogens is 480 g/mol. The summed E-state index contributed by atoms with van der Waals surface area (Å²) in [5, 5.41) is 0. The van der Waals surface area contributed by atoms with Crippen LogP contribution in [0.4, 0.5) is 4.79 Å². The van der Waals surface area contributed by atoms with Gasteiger partial charge in [0, 0.05) is 36.6 Å². The van der Waals surface area contributed by atoms with Crippen molar-refractivity contribution >= 4 is 17.7 Å². The number of ether oxygens (including phenoxy) is 2. The standard InChI is InChI=1S/C31H52N2O5/c1-10-24-13-28(34)23(8)21(6)22(7)27(15-26-14-25(32)12-20(5)37-26)17(2)11-18(3)29(35)19(4)16-31(24,9)38-30(33)36/h17-18,20,22-27H,4,6,10-16,32H2,1-3,5,7-9H3,(H2,33,36)/t17?,18-,20?,22?,23?,24?,25?,26?,27+,31+/m1/s1. The Morgan fingerprint density at radius 1 is 1.11 bits per heavy atom. The third-order valence-corrected chi connectivity index (χ3v) is 9.38. The zero-order valence-electron chi connectivity index (χ0n) is 24.8. The third-order valence-electron chi connectivity index (χ3n) is 9.38. The van der Waals surface area contributed by atoms with Crippen LogP contribution in [0.2, 0.25) is 0 Å². The van der Waals surface area contributed by atoms with Crippen LogP contribution in [-0.4, -0.2) is 41.5 Å². The Bertz CT molecular complexity index is 891. The van der Waals surface area contributed by atoms with E-state index in [0.717, 1.165) is 24.8 Å². The van der Waals surface area contributed by atoms with E-state index < -0.39 is 11.7 Å². The van der Waals surface area contributed by atoms with Crippen LogP contribution in [0.25, 0.3) is 0 Å². The number of allylic oxidation sites excluding steroid dienone is 1. The average Bonchev–Trinajstić information content (AvgIpc) is 2.81. The van der Waals surface area contributed by atoms with Gasteiger partial charge >= 0.3 is 6.09 Å². The molecule has 1 aliphatic heterocycles. The molecule has 216 valence electrons. The first kappa shape index (κ1) is 32.2. The largest absolute Gasteiger partial charge is 0.443 e. The Balaban J connectivity index is 2.45. The predicted molar refractivity (Wildman–Crippen MR) is 151 cm³/mol. The van der Waals surface area contributed by atoms with Crippen LogP contribution < -0.4 is 11.5 Å². The molecule has 38 heavy (non-hydrogen) atoms. The number of Topliss-reactive ketones (excluding diaryl/α,β-unsaturated/α-hetero) is 2. The molecule has 1 saturated carbocycles. The highest BCUT2D eigenvalue weighted by molar-refractivity contribution is 5.96. The van der Waals surface area contributed by atoms with E-state index in [1.54, 1.807) is 6.92 Å². The smallest absolute Gasteiger partial charge is 0.405 e. The minimum Gasteiger partial charge on any atom is -0.443 e. The molecule has 10 atom stereocenters. The Morgan fingerprint density at radius 2 is 1.74 bits per heavy atom. The lowest BCUT2D eigenvalue weighted by atomic mass is 9.68. The Kier molecular flexibility index (Phi) is 11.3. The van der Waals surface area contributed by atoms with Crippen LogP contribution in [0.3, 0.4) is 0 Å². The van der Waals surface area contributed by atoms with E-state index in [4.69, 9.17) is 20.9 Å². The Hall–Kier alpha value is -1.99. The number of nitrogens with two attached hydrogens (primary N) is 2. The zero-order chi connectivity index (χ0) is 28.9. The summed E-state index contributed by atoms with van der Waals surface area (Å²) >= 11 is 0. The lowest BCUT2D eigenvalue weighted by Gasteiger charge is -2.40. The van der Waals surface area contributed by atoms with Crippen LogP contribution >= 0.6 is 0 Å². The van der Waals surface area contributed by atoms with Crippen LogP contribution in [0.15, 0.2) is 24.3 Å². The van der Waals surface area contributed by atoms with Crippen molar-refractivity contribution in [2.45, 2.75) is 117 Å². The van der Waals surface area contributed by atoms with Gasteiger partial charge in [-0.1, -0.05) is 53.3 Å². The number of primary amides is 1. The minimum absolute atomic E-state index is 0.0402. The van der Waals surface area contributed by atoms with Crippen LogP contribution in [-0.2, 0) is 19.1 Å². The highest BCUT2D eigenvalue weighted by Crippen LogP contribution is 2.41. The van der Waals surface area contributed by atoms with Gasteiger partial charge in [-0.2, -0.15) is 0 Å². The average molecular weight is 533 g/mol. The van der Waals surface area contributed by atoms with Gasteiger partial charge < -0.3 is 20.9 Å². The topological polar surface area (TPSA) is 122 Å². The van der Waals surface area contributed by atoms with E-state index in [0.29, 0.717) is 18.4 Å². The fourth-order valence-electron chi connectivity index (χ4n) is 6.96. The summed E-state index contributed by atoms with van der Waals surface area (Å²) < 4.78 is 11.9. The molecule has 2 rings (SSSR count). The van der Waals surface area contributed by atoms with Gasteiger partial charge in [0.1, 0.15) is 11.4 Å². The van der Waals surface area contributed by atoms with Crippen molar-refractivity contribution in [3.05, 3.63) is 24.3 Å². The van der Waals surface area contributed by atoms with Gasteiger partial charge in [0.25, 0.3) is 0 Å². The van der Waals surface area contributed by atoms with Crippen LogP contribution in [0.5, 0.6) is 0 Å². The minimum atomic E-state index is -1.11. The van der Waals surface area contributed by atoms with Crippen molar-refractivity contribution in [3.63, 3.8) is 0 Å². The van der Waals surface area contributed by atoms with Crippen molar-refractivity contribution in [2.24, 2.45) is 47.0 Å². The van der Waals surface area contributed by atoms with Gasteiger partial charge in [0.05, 0.1) is 12.2 Å². The highest BCUT2D eigenvalue weighted by Gasteiger charge is 2.42. The van der Waals surface area contributed by atoms with E-state index in [9.17, 15) is 14.4 Å². The number of ketones is 2. The van der Waals surface area contributed by atoms with Crippen LogP contribution in [0.1, 0.15) is 93.4 Å². The molecule has 4 N–H and O–H groups in total. The molecule has 1 saturated heterocycles. The van der Waals surface area contributed by atoms with Crippen molar-refractivity contribution in [3.8, 4) is 0 Å². The molecule has 2 aliphatic rings. The molecular formula is C31H52N2O5. The second-order valence-corrected chi connectivity index (χ2v) is 12.6. The maximum absolute atomic E-state index is 13.6. The summed E-state index contributed by atoms with van der Waals surface area (Å²) in [4.78, 5) is 38.9. The first-order valence-corrected chi connectivity index (χ1v) is 14.4. The SMILES string of the molecule is C=C1C[C@](C)(OC(N)=O)C(CC)CC(=O)C(C)C(=C)C(C)[C@@H](CC2CC(N)CC(C)O2)C(C)C[C@@H](C)C1=O. The number of rotatable bonds is 4. The molecule has 0 aromatic rings. The molecule has 0 bridgehead atoms. The molecule has 1 aliphatic carbocycles. The normalized spacial score (nSPS) is 40.5. The number of carbonyl (C=O) groups excluding carboxylic acids is 3. The lowest BCUT2D eigenvalue weighted by molar-refractivity contribution is -0.125. The number of hydrogen-bond donors (Lipinski definition) is 2. The van der Waals surface area contributed by atoms with E-state index in [2.05, 4.69) is 33.9 Å². The predicted octanol–water partition coefficient (Wildman–Crippen LogP) is 5.75. The van der Waals surface area contributed by atoms with E-state index in [1.807, 2.05) is 20.8 Å². The zero-order valence-corrected chi connectivity index (χ0v) is 24.8. The fraction of sp³-hybridized carbons (Fsp3) is 0.774. The first-order valence-electron chi connectivity index (χ1n) is 14.4. The second kappa shape index (κ2) is 13.4. The molecule has 0 radical (unpaired) electrons. The molecule has 2 fully saturated rings. The molecule has 7 heteroatoms. The number of hydrogen-bond acceptors (Lipinski definition) is 6. The summed E-state index contributed by atoms with van der Waals surface area (Å²) in [5.74, 6) is -0.528. The summed E-state index contributed by atoms with van der Waals surface area (Å²) in [6.07, 6.45) is 3.29. The fourth-order valence-corrected chi connectivity index (χ4v) is 6.96. The summed E-state index contributed by atoms with van der Waals surface area (Å²) in [6, 6.07) is 0.114. The van der Waals surface area contributed by atoms with Crippen molar-refractivity contribution in [2.75, 3.05) is 0 Å². The monoisotopic (exact) mass is 532 g/mol. The number of carbonyl (C=O) groups is 3. The van der Waals surface area contributed by atoms with E-state index in [1.165, 1.54) is 0 Å². The summed E-state index contributed by atoms with van der Waals surface area (Å²) in [7, 11) is 0. The third kappa shape index (κ3) is 8.01. The molecule has 1 amide bonds. The maximum atomic E-state index is 13.6. The Morgan fingerprint density at radius 3 is 2.29 bits per heavy atom. The first-order chi connectivity index (χ1) is 17.6. The summed E-state index contributed by atoms with van der Waals surface area (Å²) in [6.45, 7) is 22.5. The second-order valence-electron chi connectivity index (χ2n) is 12.6. The summed E-state index contributed by atoms with van der Waals surface area (Å²) in [5.41, 5.74) is 11.9. The molecule has 0 aromatic carbocycles. The lowest BCUT2D eigenvalue weighted by Crippen LogP contribution is -2.44. The van der Waals surface area contributed by atoms with Crippen molar-refractivity contribution in [1.82, 2.24) is 0 Å². The maximum Gasteiger partial charge on any atom is 0.405 e. The van der Waals surface area contributed by atoms with Crippen LogP contribution in [0, 0.1) is 35.5 Å². The molecule has 7 nitrogen and oxygen atoms in total. The Labute approximate surface area is 230 Å². The molecule has 1 heterocycles. The van der Waals surface area contributed by atoms with E-state index >= 15 is 0 Å². The van der Waals surface area contributed by atoms with Gasteiger partial charge in [-0.3, -0.25) is 9.59 Å². The molecule has 0 aromatic heterocycles. The molecule has 0 spiro atoms. The van der Waals surface area contributed by atoms with E-state index in [-0.39, 0.29) is 78.2 Å². The van der Waals surface area contributed by atoms with Gasteiger partial charge in [0.15, 0.2) is 5.78 Å². The highest BCUT2D eigenvalue weighted by atomic mass is 16.6.